The first-order valence-corrected chi connectivity index (χ1v) is 3.99. The van der Waals surface area contributed by atoms with Crippen molar-refractivity contribution in [2.45, 2.75) is 0 Å². The van der Waals surface area contributed by atoms with Gasteiger partial charge in [-0.1, -0.05) is 5.92 Å². The lowest BCUT2D eigenvalue weighted by molar-refractivity contribution is 0.461. The Hall–Kier alpha value is -2.28. The second-order valence-corrected chi connectivity index (χ2v) is 2.58. The summed E-state index contributed by atoms with van der Waals surface area (Å²) in [5, 5.41) is 9.83. The Morgan fingerprint density at radius 2 is 2.07 bits per heavy atom. The summed E-state index contributed by atoms with van der Waals surface area (Å²) in [4.78, 5) is 0. The van der Waals surface area contributed by atoms with Crippen molar-refractivity contribution in [2.24, 2.45) is 0 Å². The van der Waals surface area contributed by atoms with Crippen LogP contribution in [0.5, 0.6) is 11.6 Å². The molecular formula is C10H7N3O. The normalized spacial score (nSPS) is 9.36. The standard InChI is InChI=1S/C10H7N3O/c1-2-8-3-5-9(6-4-8)14-10-7-11-13-12-10/h1,3-7H,(H,11,12,13). The first-order valence-electron chi connectivity index (χ1n) is 3.99. The third-order valence-electron chi connectivity index (χ3n) is 1.64. The van der Waals surface area contributed by atoms with Gasteiger partial charge >= 0.3 is 0 Å². The van der Waals surface area contributed by atoms with Crippen molar-refractivity contribution >= 4 is 0 Å². The van der Waals surface area contributed by atoms with Gasteiger partial charge in [0.1, 0.15) is 11.9 Å². The van der Waals surface area contributed by atoms with E-state index in [0.29, 0.717) is 11.6 Å². The molecule has 0 unspecified atom stereocenters. The van der Waals surface area contributed by atoms with Crippen molar-refractivity contribution in [3.63, 3.8) is 0 Å². The van der Waals surface area contributed by atoms with Gasteiger partial charge in [0, 0.05) is 5.56 Å². The van der Waals surface area contributed by atoms with Gasteiger partial charge in [-0.3, -0.25) is 0 Å². The molecule has 1 aromatic carbocycles. The predicted molar refractivity (Wildman–Crippen MR) is 50.8 cm³/mol. The third kappa shape index (κ3) is 1.72. The fourth-order valence-electron chi connectivity index (χ4n) is 0.980. The number of hydrogen-bond acceptors (Lipinski definition) is 3. The van der Waals surface area contributed by atoms with E-state index >= 15 is 0 Å². The lowest BCUT2D eigenvalue weighted by Crippen LogP contribution is -1.84. The minimum Gasteiger partial charge on any atom is -0.436 e. The van der Waals surface area contributed by atoms with Crippen LogP contribution in [-0.4, -0.2) is 15.4 Å². The maximum Gasteiger partial charge on any atom is 0.258 e. The van der Waals surface area contributed by atoms with Crippen LogP contribution in [0.2, 0.25) is 0 Å². The fraction of sp³-hybridized carbons (Fsp3) is 0. The molecule has 0 saturated carbocycles. The maximum absolute atomic E-state index is 5.34. The molecule has 0 aliphatic heterocycles. The first-order chi connectivity index (χ1) is 6.88. The van der Waals surface area contributed by atoms with Crippen LogP contribution in [0, 0.1) is 12.3 Å². The molecule has 4 nitrogen and oxygen atoms in total. The van der Waals surface area contributed by atoms with Crippen LogP contribution < -0.4 is 4.74 Å². The fourth-order valence-corrected chi connectivity index (χ4v) is 0.980. The van der Waals surface area contributed by atoms with Gasteiger partial charge in [-0.25, -0.2) is 0 Å². The molecule has 0 aliphatic carbocycles. The number of nitrogens with zero attached hydrogens (tertiary/aromatic N) is 2. The minimum absolute atomic E-state index is 0.429. The van der Waals surface area contributed by atoms with Crippen molar-refractivity contribution in [3.8, 4) is 24.0 Å². The van der Waals surface area contributed by atoms with Gasteiger partial charge in [-0.15, -0.1) is 11.5 Å². The lowest BCUT2D eigenvalue weighted by Gasteiger charge is -2.00. The second-order valence-electron chi connectivity index (χ2n) is 2.58. The zero-order valence-electron chi connectivity index (χ0n) is 7.27. The summed E-state index contributed by atoms with van der Waals surface area (Å²) in [5.41, 5.74) is 0.817. The number of terminal acetylenes is 1. The zero-order valence-corrected chi connectivity index (χ0v) is 7.27. The molecule has 0 saturated heterocycles. The van der Waals surface area contributed by atoms with E-state index in [1.165, 1.54) is 6.20 Å². The molecule has 68 valence electrons. The highest BCUT2D eigenvalue weighted by Gasteiger charge is 1.98. The number of hydrogen-bond donors (Lipinski definition) is 1. The molecule has 1 heterocycles. The van der Waals surface area contributed by atoms with Gasteiger partial charge < -0.3 is 4.74 Å². The van der Waals surface area contributed by atoms with Gasteiger partial charge in [0.2, 0.25) is 0 Å². The third-order valence-corrected chi connectivity index (χ3v) is 1.64. The van der Waals surface area contributed by atoms with Crippen LogP contribution in [-0.2, 0) is 0 Å². The number of H-pyrrole nitrogens is 1. The average molecular weight is 185 g/mol. The van der Waals surface area contributed by atoms with E-state index in [0.717, 1.165) is 5.56 Å². The lowest BCUT2D eigenvalue weighted by atomic mass is 10.2. The maximum atomic E-state index is 5.34. The molecule has 0 radical (unpaired) electrons. The van der Waals surface area contributed by atoms with Gasteiger partial charge in [0.05, 0.1) is 0 Å². The van der Waals surface area contributed by atoms with E-state index in [-0.39, 0.29) is 0 Å². The van der Waals surface area contributed by atoms with Crippen molar-refractivity contribution < 1.29 is 4.74 Å². The van der Waals surface area contributed by atoms with Gasteiger partial charge in [0.15, 0.2) is 0 Å². The highest BCUT2D eigenvalue weighted by Crippen LogP contribution is 2.17. The van der Waals surface area contributed by atoms with Crippen molar-refractivity contribution in [3.05, 3.63) is 36.0 Å². The Labute approximate surface area is 80.9 Å². The van der Waals surface area contributed by atoms with Crippen LogP contribution in [0.3, 0.4) is 0 Å². The number of aromatic nitrogens is 3. The zero-order chi connectivity index (χ0) is 9.80. The molecule has 0 fully saturated rings. The van der Waals surface area contributed by atoms with E-state index < -0.39 is 0 Å². The molecule has 0 amide bonds. The largest absolute Gasteiger partial charge is 0.436 e. The molecule has 4 heteroatoms. The van der Waals surface area contributed by atoms with Crippen LogP contribution in [0.25, 0.3) is 0 Å². The van der Waals surface area contributed by atoms with Crippen LogP contribution in [0.15, 0.2) is 30.5 Å². The molecule has 0 aliphatic rings. The molecule has 2 rings (SSSR count). The summed E-state index contributed by atoms with van der Waals surface area (Å²) in [6.07, 6.45) is 6.71. The Kier molecular flexibility index (Phi) is 2.15. The number of ether oxygens (including phenoxy) is 1. The van der Waals surface area contributed by atoms with E-state index in [2.05, 4.69) is 21.3 Å². The van der Waals surface area contributed by atoms with Crippen LogP contribution >= 0.6 is 0 Å². The number of nitrogens with one attached hydrogen (secondary N) is 1. The average Bonchev–Trinajstić information content (AvgIpc) is 2.72. The summed E-state index contributed by atoms with van der Waals surface area (Å²) in [6, 6.07) is 7.17. The SMILES string of the molecule is C#Cc1ccc(Oc2cn[nH]n2)cc1. The smallest absolute Gasteiger partial charge is 0.258 e. The second kappa shape index (κ2) is 3.62. The molecule has 0 spiro atoms. The number of benzene rings is 1. The summed E-state index contributed by atoms with van der Waals surface area (Å²) < 4.78 is 5.34. The molecule has 14 heavy (non-hydrogen) atoms. The van der Waals surface area contributed by atoms with Crippen molar-refractivity contribution in [2.75, 3.05) is 0 Å². The molecular weight excluding hydrogens is 178 g/mol. The Morgan fingerprint density at radius 1 is 1.29 bits per heavy atom. The molecule has 2 aromatic rings. The topological polar surface area (TPSA) is 50.8 Å². The predicted octanol–water partition coefficient (Wildman–Crippen LogP) is 1.58. The van der Waals surface area contributed by atoms with E-state index in [1.807, 2.05) is 0 Å². The quantitative estimate of drug-likeness (QED) is 0.722. The first kappa shape index (κ1) is 8.32. The summed E-state index contributed by atoms with van der Waals surface area (Å²) in [5.74, 6) is 3.63. The van der Waals surface area contributed by atoms with Crippen molar-refractivity contribution in [1.29, 1.82) is 0 Å². The highest BCUT2D eigenvalue weighted by molar-refractivity contribution is 5.37. The molecule has 0 atom stereocenters. The minimum atomic E-state index is 0.429. The molecule has 1 aromatic heterocycles. The van der Waals surface area contributed by atoms with Gasteiger partial charge in [-0.05, 0) is 24.3 Å². The van der Waals surface area contributed by atoms with Crippen LogP contribution in [0.1, 0.15) is 5.56 Å². The summed E-state index contributed by atoms with van der Waals surface area (Å²) in [6.45, 7) is 0. The Morgan fingerprint density at radius 3 is 2.64 bits per heavy atom. The highest BCUT2D eigenvalue weighted by atomic mass is 16.5. The van der Waals surface area contributed by atoms with E-state index in [9.17, 15) is 0 Å². The molecule has 0 bridgehead atoms. The van der Waals surface area contributed by atoms with Gasteiger partial charge in [-0.2, -0.15) is 10.3 Å². The van der Waals surface area contributed by atoms with E-state index in [1.54, 1.807) is 24.3 Å². The summed E-state index contributed by atoms with van der Waals surface area (Å²) in [7, 11) is 0. The van der Waals surface area contributed by atoms with Gasteiger partial charge in [0.25, 0.3) is 5.88 Å². The number of aromatic amines is 1. The van der Waals surface area contributed by atoms with E-state index in [4.69, 9.17) is 11.2 Å². The Balaban J connectivity index is 2.15. The molecule has 1 N–H and O–H groups in total. The number of rotatable bonds is 2. The summed E-state index contributed by atoms with van der Waals surface area (Å²) >= 11 is 0. The van der Waals surface area contributed by atoms with Crippen molar-refractivity contribution in [1.82, 2.24) is 15.4 Å². The monoisotopic (exact) mass is 185 g/mol. The van der Waals surface area contributed by atoms with Crippen LogP contribution in [0.4, 0.5) is 0 Å². The Bertz CT molecular complexity index is 439.